The van der Waals surface area contributed by atoms with E-state index in [1.165, 1.54) is 10.4 Å². The van der Waals surface area contributed by atoms with E-state index in [4.69, 9.17) is 12.2 Å². The van der Waals surface area contributed by atoms with Crippen molar-refractivity contribution < 1.29 is 4.79 Å². The zero-order chi connectivity index (χ0) is 20.4. The van der Waals surface area contributed by atoms with E-state index in [2.05, 4.69) is 44.9 Å². The molecule has 7 heteroatoms. The van der Waals surface area contributed by atoms with E-state index in [-0.39, 0.29) is 12.5 Å². The second kappa shape index (κ2) is 6.61. The number of aryl methyl sites for hydroxylation is 4. The Kier molecular flexibility index (Phi) is 4.60. The van der Waals surface area contributed by atoms with E-state index in [1.54, 1.807) is 25.4 Å². The van der Waals surface area contributed by atoms with Crippen LogP contribution in [0.4, 0.5) is 5.69 Å². The lowest BCUT2D eigenvalue weighted by Crippen LogP contribution is -2.49. The highest BCUT2D eigenvalue weighted by Crippen LogP contribution is 2.53. The molecule has 0 N–H and O–H groups in total. The SMILES string of the molecule is Cc1cc(C)c2c(c1)-c1c(ssc1=S)C(C)(C)N2C(=O)Cn1nc(C)cc1C. The second-order valence-corrected chi connectivity index (χ2v) is 10.8. The van der Waals surface area contributed by atoms with Crippen molar-refractivity contribution in [1.82, 2.24) is 9.78 Å². The largest absolute Gasteiger partial charge is 0.299 e. The Labute approximate surface area is 177 Å². The molecule has 0 aliphatic carbocycles. The van der Waals surface area contributed by atoms with E-state index in [0.717, 1.165) is 37.6 Å². The van der Waals surface area contributed by atoms with Crippen molar-refractivity contribution in [3.8, 4) is 11.1 Å². The standard InChI is InChI=1S/C21H23N3OS3/c1-11-7-12(2)18-15(8-11)17-19(27-28-20(17)26)21(5,6)24(18)16(25)10-23-14(4)9-13(3)22-23/h7-9H,10H2,1-6H3. The minimum Gasteiger partial charge on any atom is -0.299 e. The van der Waals surface area contributed by atoms with Gasteiger partial charge in [0, 0.05) is 16.8 Å². The highest BCUT2D eigenvalue weighted by atomic mass is 32.9. The van der Waals surface area contributed by atoms with E-state index in [1.807, 2.05) is 24.8 Å². The Morgan fingerprint density at radius 2 is 1.86 bits per heavy atom. The molecule has 0 bridgehead atoms. The molecule has 0 atom stereocenters. The Morgan fingerprint density at radius 1 is 1.14 bits per heavy atom. The van der Waals surface area contributed by atoms with Crippen LogP contribution in [-0.4, -0.2) is 15.7 Å². The molecule has 2 aromatic heterocycles. The second-order valence-electron chi connectivity index (χ2n) is 8.01. The van der Waals surface area contributed by atoms with Crippen molar-refractivity contribution in [2.75, 3.05) is 4.90 Å². The van der Waals surface area contributed by atoms with E-state index in [9.17, 15) is 4.79 Å². The summed E-state index contributed by atoms with van der Waals surface area (Å²) in [5.74, 6) is 0.0411. The molecular formula is C21H23N3OS3. The first-order valence-electron chi connectivity index (χ1n) is 9.20. The summed E-state index contributed by atoms with van der Waals surface area (Å²) in [4.78, 5) is 16.7. The van der Waals surface area contributed by atoms with Crippen LogP contribution in [0.25, 0.3) is 11.1 Å². The van der Waals surface area contributed by atoms with Gasteiger partial charge in [0.15, 0.2) is 0 Å². The van der Waals surface area contributed by atoms with Gasteiger partial charge in [0.1, 0.15) is 10.4 Å². The van der Waals surface area contributed by atoms with Gasteiger partial charge in [-0.15, -0.1) is 0 Å². The predicted molar refractivity (Wildman–Crippen MR) is 120 cm³/mol. The summed E-state index contributed by atoms with van der Waals surface area (Å²) in [5.41, 5.74) is 6.92. The van der Waals surface area contributed by atoms with Crippen LogP contribution >= 0.6 is 32.9 Å². The van der Waals surface area contributed by atoms with Crippen molar-refractivity contribution in [2.45, 2.75) is 53.6 Å². The number of hydrogen-bond acceptors (Lipinski definition) is 5. The summed E-state index contributed by atoms with van der Waals surface area (Å²) >= 11 is 5.68. The summed E-state index contributed by atoms with van der Waals surface area (Å²) in [5, 5.41) is 4.49. The number of carbonyl (C=O) groups excluding carboxylic acids is 1. The Hall–Kier alpha value is -1.83. The number of nitrogens with zero attached hydrogens (tertiary/aromatic N) is 3. The molecule has 4 nitrogen and oxygen atoms in total. The fourth-order valence-corrected chi connectivity index (χ4v) is 7.48. The van der Waals surface area contributed by atoms with Crippen molar-refractivity contribution in [1.29, 1.82) is 0 Å². The molecule has 3 heterocycles. The Balaban J connectivity index is 1.92. The minimum atomic E-state index is -0.465. The maximum absolute atomic E-state index is 13.6. The number of anilines is 1. The molecule has 28 heavy (non-hydrogen) atoms. The maximum atomic E-state index is 13.6. The number of fused-ring (bicyclic) bond motifs is 3. The average Bonchev–Trinajstić information content (AvgIpc) is 3.11. The number of hydrogen-bond donors (Lipinski definition) is 0. The molecule has 1 amide bonds. The van der Waals surface area contributed by atoms with Gasteiger partial charge in [-0.3, -0.25) is 14.4 Å². The molecule has 0 radical (unpaired) electrons. The van der Waals surface area contributed by atoms with Crippen molar-refractivity contribution in [2.24, 2.45) is 0 Å². The number of benzene rings is 1. The lowest BCUT2D eigenvalue weighted by atomic mass is 9.85. The topological polar surface area (TPSA) is 38.1 Å². The van der Waals surface area contributed by atoms with Crippen LogP contribution in [0.15, 0.2) is 18.2 Å². The van der Waals surface area contributed by atoms with E-state index >= 15 is 0 Å². The van der Waals surface area contributed by atoms with Gasteiger partial charge < -0.3 is 0 Å². The van der Waals surface area contributed by atoms with Gasteiger partial charge >= 0.3 is 0 Å². The van der Waals surface area contributed by atoms with E-state index in [0.29, 0.717) is 0 Å². The number of aromatic nitrogens is 2. The van der Waals surface area contributed by atoms with Gasteiger partial charge in [0.2, 0.25) is 5.91 Å². The summed E-state index contributed by atoms with van der Waals surface area (Å²) in [7, 11) is 3.31. The van der Waals surface area contributed by atoms with Gasteiger partial charge in [-0.05, 0) is 59.2 Å². The van der Waals surface area contributed by atoms with Crippen LogP contribution in [0.5, 0.6) is 0 Å². The monoisotopic (exact) mass is 429 g/mol. The third kappa shape index (κ3) is 2.88. The van der Waals surface area contributed by atoms with Crippen molar-refractivity contribution in [3.05, 3.63) is 49.4 Å². The predicted octanol–water partition coefficient (Wildman–Crippen LogP) is 5.92. The fraction of sp³-hybridized carbons (Fsp3) is 0.381. The molecule has 0 saturated carbocycles. The molecule has 1 aliphatic heterocycles. The smallest absolute Gasteiger partial charge is 0.249 e. The molecule has 1 aliphatic rings. The molecular weight excluding hydrogens is 406 g/mol. The number of rotatable bonds is 2. The van der Waals surface area contributed by atoms with Crippen LogP contribution in [0.2, 0.25) is 0 Å². The van der Waals surface area contributed by atoms with Gasteiger partial charge in [-0.2, -0.15) is 5.10 Å². The Bertz CT molecular complexity index is 1170. The van der Waals surface area contributed by atoms with Crippen LogP contribution in [0.3, 0.4) is 0 Å². The maximum Gasteiger partial charge on any atom is 0.249 e. The average molecular weight is 430 g/mol. The summed E-state index contributed by atoms with van der Waals surface area (Å²) < 4.78 is 2.70. The molecule has 4 rings (SSSR count). The summed E-state index contributed by atoms with van der Waals surface area (Å²) in [6.07, 6.45) is 0. The molecule has 3 aromatic rings. The lowest BCUT2D eigenvalue weighted by Gasteiger charge is -2.44. The fourth-order valence-electron chi connectivity index (χ4n) is 4.19. The molecule has 0 fully saturated rings. The lowest BCUT2D eigenvalue weighted by molar-refractivity contribution is -0.120. The minimum absolute atomic E-state index is 0.0411. The normalized spacial score (nSPS) is 14.7. The van der Waals surface area contributed by atoms with Crippen LogP contribution in [-0.2, 0) is 16.9 Å². The van der Waals surface area contributed by atoms with Crippen LogP contribution < -0.4 is 4.90 Å². The van der Waals surface area contributed by atoms with Gasteiger partial charge in [0.25, 0.3) is 0 Å². The van der Waals surface area contributed by atoms with Crippen molar-refractivity contribution in [3.63, 3.8) is 0 Å². The zero-order valence-electron chi connectivity index (χ0n) is 16.9. The number of amides is 1. The highest BCUT2D eigenvalue weighted by Gasteiger charge is 2.43. The first kappa shape index (κ1) is 19.5. The van der Waals surface area contributed by atoms with Crippen molar-refractivity contribution >= 4 is 44.5 Å². The highest BCUT2D eigenvalue weighted by molar-refractivity contribution is 7.80. The molecule has 1 aromatic carbocycles. The molecule has 0 unspecified atom stereocenters. The third-order valence-electron chi connectivity index (χ3n) is 5.32. The van der Waals surface area contributed by atoms with Crippen LogP contribution in [0, 0.1) is 31.5 Å². The zero-order valence-corrected chi connectivity index (χ0v) is 19.4. The summed E-state index contributed by atoms with van der Waals surface area (Å²) in [6, 6.07) is 6.30. The van der Waals surface area contributed by atoms with Gasteiger partial charge in [0.05, 0.1) is 21.8 Å². The van der Waals surface area contributed by atoms with Gasteiger partial charge in [-0.1, -0.05) is 44.5 Å². The van der Waals surface area contributed by atoms with Crippen LogP contribution in [0.1, 0.15) is 41.2 Å². The quantitative estimate of drug-likeness (QED) is 0.375. The molecule has 146 valence electrons. The first-order chi connectivity index (χ1) is 13.1. The Morgan fingerprint density at radius 3 is 2.50 bits per heavy atom. The van der Waals surface area contributed by atoms with Gasteiger partial charge in [-0.25, -0.2) is 0 Å². The van der Waals surface area contributed by atoms with E-state index < -0.39 is 5.54 Å². The summed E-state index contributed by atoms with van der Waals surface area (Å²) in [6.45, 7) is 12.6. The third-order valence-corrected chi connectivity index (χ3v) is 8.65. The molecule has 0 saturated heterocycles. The first-order valence-corrected chi connectivity index (χ1v) is 11.8. The molecule has 0 spiro atoms. The number of carbonyl (C=O) groups is 1.